The second-order valence-corrected chi connectivity index (χ2v) is 7.25. The number of fused-ring (bicyclic) bond motifs is 1. The Morgan fingerprint density at radius 1 is 1.03 bits per heavy atom. The predicted octanol–water partition coefficient (Wildman–Crippen LogP) is 2.03. The van der Waals surface area contributed by atoms with Crippen LogP contribution in [0.2, 0.25) is 0 Å². The zero-order valence-corrected chi connectivity index (χ0v) is 18.3. The molecule has 2 atom stereocenters. The van der Waals surface area contributed by atoms with Gasteiger partial charge in [-0.15, -0.1) is 0 Å². The quantitative estimate of drug-likeness (QED) is 0.607. The van der Waals surface area contributed by atoms with E-state index in [1.165, 1.54) is 19.2 Å². The summed E-state index contributed by atoms with van der Waals surface area (Å²) < 4.78 is 15.8. The van der Waals surface area contributed by atoms with Crippen LogP contribution in [0.15, 0.2) is 52.8 Å². The normalized spacial score (nSPS) is 19.0. The van der Waals surface area contributed by atoms with Crippen LogP contribution in [0.5, 0.6) is 17.2 Å². The van der Waals surface area contributed by atoms with Gasteiger partial charge in [-0.3, -0.25) is 19.4 Å². The molecule has 0 unspecified atom stereocenters. The molecule has 172 valence electrons. The van der Waals surface area contributed by atoms with Gasteiger partial charge in [-0.05, 0) is 43.3 Å². The molecule has 2 aliphatic heterocycles. The Bertz CT molecular complexity index is 1100. The maximum absolute atomic E-state index is 13.1. The summed E-state index contributed by atoms with van der Waals surface area (Å²) in [6, 6.07) is 9.61. The molecular formula is C22H23N5O6. The van der Waals surface area contributed by atoms with Crippen LogP contribution in [-0.4, -0.2) is 62.2 Å². The number of nitrogens with zero attached hydrogens (tertiary/aromatic N) is 4. The molecule has 0 saturated carbocycles. The lowest BCUT2D eigenvalue weighted by Crippen LogP contribution is -2.43. The van der Waals surface area contributed by atoms with Crippen molar-refractivity contribution in [1.82, 2.24) is 5.01 Å². The molecule has 1 N–H and O–H groups in total. The predicted molar refractivity (Wildman–Crippen MR) is 117 cm³/mol. The molecule has 0 spiro atoms. The van der Waals surface area contributed by atoms with Crippen molar-refractivity contribution in [1.29, 1.82) is 0 Å². The Morgan fingerprint density at radius 2 is 1.76 bits per heavy atom. The highest BCUT2D eigenvalue weighted by atomic mass is 16.5. The van der Waals surface area contributed by atoms with Gasteiger partial charge in [0.1, 0.15) is 23.8 Å². The molecule has 0 radical (unpaired) electrons. The summed E-state index contributed by atoms with van der Waals surface area (Å²) in [4.78, 5) is 39.6. The summed E-state index contributed by atoms with van der Waals surface area (Å²) >= 11 is 0. The van der Waals surface area contributed by atoms with Gasteiger partial charge in [0.15, 0.2) is 12.1 Å². The minimum atomic E-state index is -0.993. The Hall–Kier alpha value is -4.15. The average molecular weight is 453 g/mol. The van der Waals surface area contributed by atoms with E-state index < -0.39 is 29.8 Å². The van der Waals surface area contributed by atoms with E-state index in [9.17, 15) is 14.4 Å². The Labute approximate surface area is 189 Å². The first kappa shape index (κ1) is 22.1. The highest BCUT2D eigenvalue weighted by Gasteiger charge is 2.55. The summed E-state index contributed by atoms with van der Waals surface area (Å²) in [5.41, 5.74) is 0.839. The van der Waals surface area contributed by atoms with Crippen LogP contribution in [0.4, 0.5) is 11.4 Å². The molecule has 3 amide bonds. The van der Waals surface area contributed by atoms with Crippen molar-refractivity contribution in [2.24, 2.45) is 10.3 Å². The zero-order valence-electron chi connectivity index (χ0n) is 18.3. The van der Waals surface area contributed by atoms with Crippen LogP contribution in [0, 0.1) is 0 Å². The lowest BCUT2D eigenvalue weighted by atomic mass is 10.1. The smallest absolute Gasteiger partial charge is 0.263 e. The molecule has 2 aliphatic rings. The van der Waals surface area contributed by atoms with Crippen LogP contribution in [-0.2, 0) is 14.4 Å². The standard InChI is InChI=1S/C22H23N5O6/c1-4-33-14-7-5-13(6-8-14)27-21(29)19-20(22(27)30)26(25-24-19)12-18(28)23-16-10-9-15(31-2)11-17(16)32-3/h5-11,19-20H,4,12H2,1-3H3,(H,23,28)/t19-,20+/m1/s1. The maximum atomic E-state index is 13.1. The van der Waals surface area contributed by atoms with Crippen molar-refractivity contribution in [3.63, 3.8) is 0 Å². The van der Waals surface area contributed by atoms with Gasteiger partial charge in [0.25, 0.3) is 11.8 Å². The van der Waals surface area contributed by atoms with E-state index in [0.29, 0.717) is 35.2 Å². The highest BCUT2D eigenvalue weighted by molar-refractivity contribution is 6.25. The van der Waals surface area contributed by atoms with Crippen LogP contribution >= 0.6 is 0 Å². The number of rotatable bonds is 8. The van der Waals surface area contributed by atoms with Crippen molar-refractivity contribution < 1.29 is 28.6 Å². The number of benzene rings is 2. The Balaban J connectivity index is 1.46. The first-order valence-electron chi connectivity index (χ1n) is 10.3. The van der Waals surface area contributed by atoms with Crippen molar-refractivity contribution in [3.05, 3.63) is 42.5 Å². The molecule has 2 heterocycles. The molecule has 0 bridgehead atoms. The van der Waals surface area contributed by atoms with Gasteiger partial charge in [-0.2, -0.15) is 5.11 Å². The zero-order chi connectivity index (χ0) is 23.5. The Morgan fingerprint density at radius 3 is 2.42 bits per heavy atom. The van der Waals surface area contributed by atoms with Gasteiger partial charge in [0.05, 0.1) is 32.2 Å². The number of imide groups is 1. The van der Waals surface area contributed by atoms with Gasteiger partial charge in [-0.25, -0.2) is 4.90 Å². The summed E-state index contributed by atoms with van der Waals surface area (Å²) in [5, 5.41) is 11.8. The third kappa shape index (κ3) is 4.16. The van der Waals surface area contributed by atoms with E-state index in [-0.39, 0.29) is 6.54 Å². The fourth-order valence-corrected chi connectivity index (χ4v) is 3.71. The fourth-order valence-electron chi connectivity index (χ4n) is 3.71. The van der Waals surface area contributed by atoms with Crippen LogP contribution in [0.3, 0.4) is 0 Å². The molecule has 1 fully saturated rings. The van der Waals surface area contributed by atoms with E-state index in [4.69, 9.17) is 14.2 Å². The SMILES string of the molecule is CCOc1ccc(N2C(=O)[C@@H]3[C@@H](N=NN3CC(=O)Nc3ccc(OC)cc3OC)C2=O)cc1. The number of hydrogen-bond acceptors (Lipinski definition) is 9. The minimum Gasteiger partial charge on any atom is -0.497 e. The van der Waals surface area contributed by atoms with E-state index in [0.717, 1.165) is 4.90 Å². The maximum Gasteiger partial charge on any atom is 0.263 e. The molecule has 2 aromatic carbocycles. The molecule has 1 saturated heterocycles. The van der Waals surface area contributed by atoms with Gasteiger partial charge in [0.2, 0.25) is 5.91 Å². The van der Waals surface area contributed by atoms with Gasteiger partial charge in [-0.1, -0.05) is 5.22 Å². The molecule has 11 heteroatoms. The molecule has 0 aromatic heterocycles. The third-order valence-electron chi connectivity index (χ3n) is 5.25. The number of carbonyl (C=O) groups excluding carboxylic acids is 3. The minimum absolute atomic E-state index is 0.268. The second kappa shape index (κ2) is 9.15. The number of methoxy groups -OCH3 is 2. The monoisotopic (exact) mass is 453 g/mol. The second-order valence-electron chi connectivity index (χ2n) is 7.25. The van der Waals surface area contributed by atoms with E-state index in [1.807, 2.05) is 6.92 Å². The lowest BCUT2D eigenvalue weighted by molar-refractivity contribution is -0.123. The topological polar surface area (TPSA) is 122 Å². The lowest BCUT2D eigenvalue weighted by Gasteiger charge is -2.20. The van der Waals surface area contributed by atoms with Crippen molar-refractivity contribution in [2.45, 2.75) is 19.0 Å². The molecule has 2 aromatic rings. The van der Waals surface area contributed by atoms with Gasteiger partial charge in [0, 0.05) is 6.07 Å². The van der Waals surface area contributed by atoms with Gasteiger partial charge < -0.3 is 19.5 Å². The average Bonchev–Trinajstić information content (AvgIpc) is 3.34. The molecule has 4 rings (SSSR count). The number of nitrogens with one attached hydrogen (secondary N) is 1. The summed E-state index contributed by atoms with van der Waals surface area (Å²) in [6.45, 7) is 2.10. The summed E-state index contributed by atoms with van der Waals surface area (Å²) in [5.74, 6) is 0.194. The number of anilines is 2. The van der Waals surface area contributed by atoms with Crippen molar-refractivity contribution >= 4 is 29.1 Å². The largest absolute Gasteiger partial charge is 0.497 e. The molecule has 0 aliphatic carbocycles. The molecular weight excluding hydrogens is 430 g/mol. The number of hydrogen-bond donors (Lipinski definition) is 1. The summed E-state index contributed by atoms with van der Waals surface area (Å²) in [6.07, 6.45) is 0. The van der Waals surface area contributed by atoms with Crippen LogP contribution in [0.25, 0.3) is 0 Å². The summed E-state index contributed by atoms with van der Waals surface area (Å²) in [7, 11) is 3.00. The first-order valence-corrected chi connectivity index (χ1v) is 10.3. The van der Waals surface area contributed by atoms with E-state index in [1.54, 1.807) is 42.5 Å². The van der Waals surface area contributed by atoms with Crippen molar-refractivity contribution in [2.75, 3.05) is 37.6 Å². The van der Waals surface area contributed by atoms with E-state index >= 15 is 0 Å². The number of carbonyl (C=O) groups is 3. The van der Waals surface area contributed by atoms with Gasteiger partial charge >= 0.3 is 0 Å². The fraction of sp³-hybridized carbons (Fsp3) is 0.318. The molecule has 33 heavy (non-hydrogen) atoms. The highest BCUT2D eigenvalue weighted by Crippen LogP contribution is 2.33. The third-order valence-corrected chi connectivity index (χ3v) is 5.25. The van der Waals surface area contributed by atoms with Crippen LogP contribution < -0.4 is 24.4 Å². The number of ether oxygens (including phenoxy) is 3. The first-order chi connectivity index (χ1) is 16.0. The number of amides is 3. The van der Waals surface area contributed by atoms with Crippen LogP contribution in [0.1, 0.15) is 6.92 Å². The van der Waals surface area contributed by atoms with E-state index in [2.05, 4.69) is 15.7 Å². The molecule has 11 nitrogen and oxygen atoms in total. The van der Waals surface area contributed by atoms with Crippen molar-refractivity contribution in [3.8, 4) is 17.2 Å². The Kier molecular flexibility index (Phi) is 6.11.